The van der Waals surface area contributed by atoms with Gasteiger partial charge in [0.05, 0.1) is 31.3 Å². The number of methoxy groups -OCH3 is 1. The van der Waals surface area contributed by atoms with Crippen LogP contribution in [-0.4, -0.2) is 102 Å². The number of amides is 1. The van der Waals surface area contributed by atoms with E-state index in [4.69, 9.17) is 24.2 Å². The summed E-state index contributed by atoms with van der Waals surface area (Å²) in [6.07, 6.45) is 3.01. The SMILES string of the molecule is COc1nc(C2CC2)nc(OC(C)C)c1CN1C[C@@H]2CN(C(=O)C3CCOC3)CCN2[C@H](C(c2ccccc2)c2ccccc2)C1. The molecule has 1 aromatic heterocycles. The molecule has 1 aliphatic carbocycles. The maximum Gasteiger partial charge on any atom is 0.228 e. The number of hydrogen-bond acceptors (Lipinski definition) is 8. The molecule has 1 amide bonds. The highest BCUT2D eigenvalue weighted by Gasteiger charge is 2.44. The van der Waals surface area contributed by atoms with E-state index in [9.17, 15) is 4.79 Å². The van der Waals surface area contributed by atoms with Crippen LogP contribution in [0.25, 0.3) is 0 Å². The Morgan fingerprint density at radius 2 is 1.61 bits per heavy atom. The molecular weight excluding hydrogens is 578 g/mol. The number of ether oxygens (including phenoxy) is 3. The van der Waals surface area contributed by atoms with E-state index < -0.39 is 0 Å². The van der Waals surface area contributed by atoms with E-state index in [0.717, 1.165) is 56.8 Å². The van der Waals surface area contributed by atoms with E-state index in [0.29, 0.717) is 44.0 Å². The first-order chi connectivity index (χ1) is 22.5. The van der Waals surface area contributed by atoms with Crippen LogP contribution in [0, 0.1) is 5.92 Å². The molecule has 3 saturated heterocycles. The Morgan fingerprint density at radius 3 is 2.22 bits per heavy atom. The molecule has 46 heavy (non-hydrogen) atoms. The summed E-state index contributed by atoms with van der Waals surface area (Å²) < 4.78 is 17.9. The van der Waals surface area contributed by atoms with Crippen LogP contribution in [-0.2, 0) is 16.1 Å². The minimum Gasteiger partial charge on any atom is -0.481 e. The number of hydrogen-bond donors (Lipinski definition) is 0. The molecule has 4 heterocycles. The highest BCUT2D eigenvalue weighted by Crippen LogP contribution is 2.42. The molecule has 9 nitrogen and oxygen atoms in total. The Labute approximate surface area is 272 Å². The fraction of sp³-hybridized carbons (Fsp3) is 0.541. The van der Waals surface area contributed by atoms with Gasteiger partial charge in [-0.05, 0) is 44.2 Å². The number of piperazine rings is 2. The van der Waals surface area contributed by atoms with Gasteiger partial charge in [-0.15, -0.1) is 0 Å². The topological polar surface area (TPSA) is 80.3 Å². The maximum absolute atomic E-state index is 13.6. The van der Waals surface area contributed by atoms with E-state index in [1.807, 2.05) is 13.8 Å². The highest BCUT2D eigenvalue weighted by molar-refractivity contribution is 5.79. The Bertz CT molecular complexity index is 1440. The predicted octanol–water partition coefficient (Wildman–Crippen LogP) is 4.72. The molecule has 3 aliphatic heterocycles. The van der Waals surface area contributed by atoms with Crippen LogP contribution in [0.2, 0.25) is 0 Å². The van der Waals surface area contributed by atoms with Gasteiger partial charge in [-0.1, -0.05) is 60.7 Å². The van der Waals surface area contributed by atoms with Crippen molar-refractivity contribution >= 4 is 5.91 Å². The third kappa shape index (κ3) is 6.64. The zero-order valence-corrected chi connectivity index (χ0v) is 27.4. The average molecular weight is 626 g/mol. The van der Waals surface area contributed by atoms with Crippen LogP contribution in [0.4, 0.5) is 0 Å². The number of nitrogens with zero attached hydrogens (tertiary/aromatic N) is 5. The lowest BCUT2D eigenvalue weighted by Gasteiger charge is -2.53. The number of rotatable bonds is 10. The second-order valence-electron chi connectivity index (χ2n) is 13.6. The number of fused-ring (bicyclic) bond motifs is 1. The molecule has 1 saturated carbocycles. The summed E-state index contributed by atoms with van der Waals surface area (Å²) in [6, 6.07) is 22.2. The molecular formula is C37H47N5O4. The normalized spacial score (nSPS) is 23.9. The minimum atomic E-state index is -0.0226. The van der Waals surface area contributed by atoms with E-state index in [-0.39, 0.29) is 35.9 Å². The molecule has 4 aliphatic rings. The summed E-state index contributed by atoms with van der Waals surface area (Å²) in [4.78, 5) is 30.7. The van der Waals surface area contributed by atoms with Crippen molar-refractivity contribution in [2.75, 3.05) is 53.0 Å². The molecule has 0 bridgehead atoms. The van der Waals surface area contributed by atoms with Gasteiger partial charge in [0.1, 0.15) is 5.82 Å². The summed E-state index contributed by atoms with van der Waals surface area (Å²) in [5.41, 5.74) is 3.51. The number of benzene rings is 2. The fourth-order valence-corrected chi connectivity index (χ4v) is 7.61. The first-order valence-electron chi connectivity index (χ1n) is 17.0. The van der Waals surface area contributed by atoms with Gasteiger partial charge in [0.25, 0.3) is 0 Å². The van der Waals surface area contributed by atoms with Crippen molar-refractivity contribution in [3.05, 3.63) is 83.2 Å². The smallest absolute Gasteiger partial charge is 0.228 e. The molecule has 0 spiro atoms. The number of carbonyl (C=O) groups is 1. The van der Waals surface area contributed by atoms with Crippen LogP contribution in [0.1, 0.15) is 67.5 Å². The van der Waals surface area contributed by atoms with E-state index in [1.165, 1.54) is 11.1 Å². The van der Waals surface area contributed by atoms with E-state index in [2.05, 4.69) is 75.4 Å². The summed E-state index contributed by atoms with van der Waals surface area (Å²) in [7, 11) is 1.70. The zero-order valence-electron chi connectivity index (χ0n) is 27.4. The highest BCUT2D eigenvalue weighted by atomic mass is 16.5. The van der Waals surface area contributed by atoms with Gasteiger partial charge in [0, 0.05) is 69.8 Å². The van der Waals surface area contributed by atoms with Crippen molar-refractivity contribution in [3.63, 3.8) is 0 Å². The molecule has 1 unspecified atom stereocenters. The predicted molar refractivity (Wildman–Crippen MR) is 176 cm³/mol. The molecule has 3 aromatic rings. The Kier molecular flexibility index (Phi) is 9.24. The lowest BCUT2D eigenvalue weighted by atomic mass is 9.81. The molecule has 3 atom stereocenters. The van der Waals surface area contributed by atoms with Gasteiger partial charge < -0.3 is 19.1 Å². The van der Waals surface area contributed by atoms with Crippen molar-refractivity contribution < 1.29 is 19.0 Å². The Morgan fingerprint density at radius 1 is 0.913 bits per heavy atom. The van der Waals surface area contributed by atoms with Crippen molar-refractivity contribution in [1.29, 1.82) is 0 Å². The lowest BCUT2D eigenvalue weighted by Crippen LogP contribution is -2.67. The van der Waals surface area contributed by atoms with Crippen molar-refractivity contribution in [1.82, 2.24) is 24.7 Å². The van der Waals surface area contributed by atoms with Gasteiger partial charge in [-0.2, -0.15) is 9.97 Å². The molecule has 0 N–H and O–H groups in total. The molecule has 2 aromatic carbocycles. The molecule has 9 heteroatoms. The molecule has 4 fully saturated rings. The summed E-state index contributed by atoms with van der Waals surface area (Å²) in [5.74, 6) is 2.84. The summed E-state index contributed by atoms with van der Waals surface area (Å²) in [5, 5.41) is 0. The Hall–Kier alpha value is -3.53. The third-order valence-corrected chi connectivity index (χ3v) is 9.97. The van der Waals surface area contributed by atoms with Gasteiger partial charge in [-0.3, -0.25) is 14.6 Å². The second-order valence-corrected chi connectivity index (χ2v) is 13.6. The van der Waals surface area contributed by atoms with Crippen LogP contribution in [0.15, 0.2) is 60.7 Å². The van der Waals surface area contributed by atoms with Crippen LogP contribution < -0.4 is 9.47 Å². The molecule has 0 radical (unpaired) electrons. The van der Waals surface area contributed by atoms with Crippen molar-refractivity contribution in [3.8, 4) is 11.8 Å². The maximum atomic E-state index is 13.6. The standard InChI is InChI=1S/C37H47N5O4/c1-25(2)46-36-31(35(44-3)38-34(39-36)28-14-15-28)22-40-20-30-21-41(37(43)29-16-19-45-24-29)17-18-42(30)32(23-40)33(26-10-6-4-7-11-26)27-12-8-5-9-13-27/h4-13,25,28-30,32-33H,14-24H2,1-3H3/t29?,30-,32+/m1/s1. The van der Waals surface area contributed by atoms with E-state index in [1.54, 1.807) is 7.11 Å². The quantitative estimate of drug-likeness (QED) is 0.321. The van der Waals surface area contributed by atoms with Crippen LogP contribution >= 0.6 is 0 Å². The molecule has 244 valence electrons. The number of carbonyl (C=O) groups excluding carboxylic acids is 1. The minimum absolute atomic E-state index is 0.0203. The van der Waals surface area contributed by atoms with Crippen molar-refractivity contribution in [2.45, 2.75) is 69.7 Å². The summed E-state index contributed by atoms with van der Waals surface area (Å²) >= 11 is 0. The van der Waals surface area contributed by atoms with Gasteiger partial charge >= 0.3 is 0 Å². The average Bonchev–Trinajstić information content (AvgIpc) is 3.79. The fourth-order valence-electron chi connectivity index (χ4n) is 7.61. The molecule has 7 rings (SSSR count). The first-order valence-corrected chi connectivity index (χ1v) is 17.0. The van der Waals surface area contributed by atoms with Gasteiger partial charge in [-0.25, -0.2) is 0 Å². The van der Waals surface area contributed by atoms with Crippen molar-refractivity contribution in [2.24, 2.45) is 5.92 Å². The van der Waals surface area contributed by atoms with Gasteiger partial charge in [0.15, 0.2) is 0 Å². The first kappa shape index (κ1) is 31.1. The largest absolute Gasteiger partial charge is 0.481 e. The Balaban J connectivity index is 1.24. The lowest BCUT2D eigenvalue weighted by molar-refractivity contribution is -0.141. The summed E-state index contributed by atoms with van der Waals surface area (Å²) in [6.45, 7) is 9.89. The second kappa shape index (κ2) is 13.7. The van der Waals surface area contributed by atoms with E-state index >= 15 is 0 Å². The van der Waals surface area contributed by atoms with Crippen LogP contribution in [0.3, 0.4) is 0 Å². The zero-order chi connectivity index (χ0) is 31.6. The third-order valence-electron chi connectivity index (χ3n) is 9.97. The number of aromatic nitrogens is 2. The monoisotopic (exact) mass is 625 g/mol. The van der Waals surface area contributed by atoms with Gasteiger partial charge in [0.2, 0.25) is 17.7 Å². The van der Waals surface area contributed by atoms with Crippen LogP contribution in [0.5, 0.6) is 11.8 Å².